The molecule has 0 atom stereocenters. The highest BCUT2D eigenvalue weighted by Crippen LogP contribution is 2.37. The van der Waals surface area contributed by atoms with E-state index in [0.29, 0.717) is 31.1 Å². The Morgan fingerprint density at radius 1 is 1.23 bits per heavy atom. The van der Waals surface area contributed by atoms with Gasteiger partial charge in [-0.1, -0.05) is 0 Å². The summed E-state index contributed by atoms with van der Waals surface area (Å²) in [5.74, 6) is 0.979. The van der Waals surface area contributed by atoms with Crippen LogP contribution in [0.1, 0.15) is 30.3 Å². The van der Waals surface area contributed by atoms with E-state index in [0.717, 1.165) is 17.8 Å². The van der Waals surface area contributed by atoms with Crippen molar-refractivity contribution < 1.29 is 17.5 Å². The molecule has 0 radical (unpaired) electrons. The van der Waals surface area contributed by atoms with Crippen molar-refractivity contribution in [2.24, 2.45) is 0 Å². The zero-order valence-electron chi connectivity index (χ0n) is 14.6. The minimum atomic E-state index is -3.65. The van der Waals surface area contributed by atoms with E-state index in [1.54, 1.807) is 14.2 Å². The van der Waals surface area contributed by atoms with E-state index in [-0.39, 0.29) is 16.9 Å². The van der Waals surface area contributed by atoms with Crippen molar-refractivity contribution in [2.45, 2.75) is 36.3 Å². The van der Waals surface area contributed by atoms with Crippen LogP contribution in [0.25, 0.3) is 0 Å². The molecule has 0 unspecified atom stereocenters. The third-order valence-electron chi connectivity index (χ3n) is 4.32. The minimum absolute atomic E-state index is 0.0595. The Kier molecular flexibility index (Phi) is 5.49. The predicted octanol–water partition coefficient (Wildman–Crippen LogP) is 2.03. The van der Waals surface area contributed by atoms with Crippen LogP contribution in [-0.2, 0) is 21.4 Å². The van der Waals surface area contributed by atoms with Gasteiger partial charge in [-0.3, -0.25) is 0 Å². The molecule has 2 aromatic rings. The number of nitrogens with zero attached hydrogens (tertiary/aromatic N) is 2. The molecular formula is C17H21FN4O3S. The fourth-order valence-electron chi connectivity index (χ4n) is 2.91. The summed E-state index contributed by atoms with van der Waals surface area (Å²) in [4.78, 5) is 8.87. The molecule has 0 amide bonds. The monoisotopic (exact) mass is 380 g/mol. The molecule has 0 bridgehead atoms. The fourth-order valence-corrected chi connectivity index (χ4v) is 4.17. The Morgan fingerprint density at radius 3 is 2.54 bits per heavy atom. The first-order valence-electron chi connectivity index (χ1n) is 8.23. The number of anilines is 1. The molecule has 1 aliphatic carbocycles. The van der Waals surface area contributed by atoms with E-state index in [1.165, 1.54) is 12.1 Å². The standard InChI is InChI=1S/C17H21FN4O3S/c1-19-16-9-15(20-17(21-16)10-25-2)11-7-13(8-11)22-26(23,24)14-5-3-12(18)4-6-14/h3-6,9,11,13,22H,7-8,10H2,1-2H3,(H,19,20,21). The number of nitrogens with one attached hydrogen (secondary N) is 2. The number of rotatable bonds is 7. The van der Waals surface area contributed by atoms with Gasteiger partial charge in [0.2, 0.25) is 10.0 Å². The molecule has 0 spiro atoms. The first kappa shape index (κ1) is 18.7. The largest absolute Gasteiger partial charge is 0.377 e. The van der Waals surface area contributed by atoms with Crippen LogP contribution in [0.5, 0.6) is 0 Å². The third kappa shape index (κ3) is 4.17. The van der Waals surface area contributed by atoms with Crippen molar-refractivity contribution in [3.05, 3.63) is 47.7 Å². The van der Waals surface area contributed by atoms with E-state index in [1.807, 2.05) is 6.07 Å². The summed E-state index contributed by atoms with van der Waals surface area (Å²) in [5, 5.41) is 3.00. The summed E-state index contributed by atoms with van der Waals surface area (Å²) >= 11 is 0. The summed E-state index contributed by atoms with van der Waals surface area (Å²) in [6.07, 6.45) is 1.29. The van der Waals surface area contributed by atoms with Crippen molar-refractivity contribution in [1.82, 2.24) is 14.7 Å². The summed E-state index contributed by atoms with van der Waals surface area (Å²) < 4.78 is 45.4. The van der Waals surface area contributed by atoms with Gasteiger partial charge < -0.3 is 10.1 Å². The Balaban J connectivity index is 1.65. The topological polar surface area (TPSA) is 93.2 Å². The maximum atomic E-state index is 13.0. The lowest BCUT2D eigenvalue weighted by molar-refractivity contribution is 0.177. The number of ether oxygens (including phenoxy) is 1. The van der Waals surface area contributed by atoms with Crippen molar-refractivity contribution in [3.63, 3.8) is 0 Å². The SMILES string of the molecule is CNc1cc(C2CC(NS(=O)(=O)c3ccc(F)cc3)C2)nc(COC)n1. The average molecular weight is 380 g/mol. The fraction of sp³-hybridized carbons (Fsp3) is 0.412. The number of methoxy groups -OCH3 is 1. The molecule has 1 saturated carbocycles. The molecule has 1 fully saturated rings. The van der Waals surface area contributed by atoms with E-state index in [2.05, 4.69) is 20.0 Å². The van der Waals surface area contributed by atoms with E-state index < -0.39 is 15.8 Å². The smallest absolute Gasteiger partial charge is 0.240 e. The van der Waals surface area contributed by atoms with Crippen molar-refractivity contribution in [2.75, 3.05) is 19.5 Å². The Morgan fingerprint density at radius 2 is 1.92 bits per heavy atom. The summed E-state index contributed by atoms with van der Waals surface area (Å²) in [5.41, 5.74) is 0.869. The maximum Gasteiger partial charge on any atom is 0.240 e. The lowest BCUT2D eigenvalue weighted by atomic mass is 9.78. The molecule has 26 heavy (non-hydrogen) atoms. The Bertz CT molecular complexity index is 868. The predicted molar refractivity (Wildman–Crippen MR) is 94.8 cm³/mol. The molecule has 0 saturated heterocycles. The van der Waals surface area contributed by atoms with Gasteiger partial charge in [0.25, 0.3) is 0 Å². The quantitative estimate of drug-likeness (QED) is 0.763. The van der Waals surface area contributed by atoms with Crippen LogP contribution < -0.4 is 10.0 Å². The number of hydrogen-bond donors (Lipinski definition) is 2. The van der Waals surface area contributed by atoms with Crippen molar-refractivity contribution >= 4 is 15.8 Å². The molecule has 1 aromatic heterocycles. The number of hydrogen-bond acceptors (Lipinski definition) is 6. The first-order chi connectivity index (χ1) is 12.4. The van der Waals surface area contributed by atoms with Gasteiger partial charge in [-0.25, -0.2) is 27.5 Å². The highest BCUT2D eigenvalue weighted by atomic mass is 32.2. The van der Waals surface area contributed by atoms with Crippen molar-refractivity contribution in [3.8, 4) is 0 Å². The second kappa shape index (κ2) is 7.65. The van der Waals surface area contributed by atoms with Crippen LogP contribution in [0.2, 0.25) is 0 Å². The number of aromatic nitrogens is 2. The van der Waals surface area contributed by atoms with Crippen LogP contribution in [0, 0.1) is 5.82 Å². The zero-order chi connectivity index (χ0) is 18.7. The first-order valence-corrected chi connectivity index (χ1v) is 9.72. The molecule has 140 valence electrons. The van der Waals surface area contributed by atoms with Gasteiger partial charge in [-0.15, -0.1) is 0 Å². The zero-order valence-corrected chi connectivity index (χ0v) is 15.4. The molecule has 0 aliphatic heterocycles. The van der Waals surface area contributed by atoms with Crippen LogP contribution in [0.3, 0.4) is 0 Å². The number of sulfonamides is 1. The Labute approximate surface area is 152 Å². The average Bonchev–Trinajstić information content (AvgIpc) is 2.58. The normalized spacial score (nSPS) is 19.8. The molecule has 7 nitrogen and oxygen atoms in total. The minimum Gasteiger partial charge on any atom is -0.377 e. The summed E-state index contributed by atoms with van der Waals surface area (Å²) in [7, 11) is -0.291. The number of halogens is 1. The van der Waals surface area contributed by atoms with Gasteiger partial charge >= 0.3 is 0 Å². The second-order valence-electron chi connectivity index (χ2n) is 6.22. The lowest BCUT2D eigenvalue weighted by Gasteiger charge is -2.35. The van der Waals surface area contributed by atoms with Gasteiger partial charge in [0.15, 0.2) is 5.82 Å². The van der Waals surface area contributed by atoms with E-state index in [9.17, 15) is 12.8 Å². The summed E-state index contributed by atoms with van der Waals surface area (Å²) in [6.45, 7) is 0.315. The molecular weight excluding hydrogens is 359 g/mol. The van der Waals surface area contributed by atoms with Crippen LogP contribution >= 0.6 is 0 Å². The highest BCUT2D eigenvalue weighted by molar-refractivity contribution is 7.89. The van der Waals surface area contributed by atoms with Gasteiger partial charge in [-0.2, -0.15) is 0 Å². The molecule has 3 rings (SSSR count). The van der Waals surface area contributed by atoms with Gasteiger partial charge in [0.1, 0.15) is 18.2 Å². The molecule has 9 heteroatoms. The third-order valence-corrected chi connectivity index (χ3v) is 5.86. The van der Waals surface area contributed by atoms with E-state index >= 15 is 0 Å². The van der Waals surface area contributed by atoms with Crippen LogP contribution in [0.15, 0.2) is 35.2 Å². The van der Waals surface area contributed by atoms with Gasteiger partial charge in [0, 0.05) is 37.9 Å². The number of benzene rings is 1. The molecule has 1 heterocycles. The molecule has 1 aliphatic rings. The molecule has 2 N–H and O–H groups in total. The second-order valence-corrected chi connectivity index (χ2v) is 7.93. The van der Waals surface area contributed by atoms with Crippen molar-refractivity contribution in [1.29, 1.82) is 0 Å². The Hall–Kier alpha value is -2.10. The van der Waals surface area contributed by atoms with E-state index in [4.69, 9.17) is 4.74 Å². The van der Waals surface area contributed by atoms with Gasteiger partial charge in [0.05, 0.1) is 4.90 Å². The van der Waals surface area contributed by atoms with Gasteiger partial charge in [-0.05, 0) is 37.1 Å². The van der Waals surface area contributed by atoms with Crippen LogP contribution in [0.4, 0.5) is 10.2 Å². The summed E-state index contributed by atoms with van der Waals surface area (Å²) in [6, 6.07) is 6.48. The highest BCUT2D eigenvalue weighted by Gasteiger charge is 2.35. The molecule has 1 aromatic carbocycles. The maximum absolute atomic E-state index is 13.0. The van der Waals surface area contributed by atoms with Crippen LogP contribution in [-0.4, -0.2) is 38.6 Å². The lowest BCUT2D eigenvalue weighted by Crippen LogP contribution is -2.43.